The Hall–Kier alpha value is -2.87. The first kappa shape index (κ1) is 22.8. The van der Waals surface area contributed by atoms with Crippen molar-refractivity contribution in [2.45, 2.75) is 44.2 Å². The Balaban J connectivity index is 1.53. The summed E-state index contributed by atoms with van der Waals surface area (Å²) in [5.41, 5.74) is 2.15. The average Bonchev–Trinajstić information content (AvgIpc) is 3.10. The summed E-state index contributed by atoms with van der Waals surface area (Å²) in [6.07, 6.45) is 1.56. The lowest BCUT2D eigenvalue weighted by molar-refractivity contribution is 0.566. The Morgan fingerprint density at radius 2 is 1.84 bits per heavy atom. The van der Waals surface area contributed by atoms with Crippen LogP contribution >= 0.6 is 0 Å². The monoisotopic (exact) mass is 441 g/mol. The molecule has 2 aromatic carbocycles. The van der Waals surface area contributed by atoms with Crippen molar-refractivity contribution < 1.29 is 8.42 Å². The van der Waals surface area contributed by atoms with E-state index in [-0.39, 0.29) is 11.8 Å². The van der Waals surface area contributed by atoms with Gasteiger partial charge in [-0.25, -0.2) is 13.4 Å². The molecule has 0 aliphatic heterocycles. The number of nitrogens with one attached hydrogen (secondary N) is 2. The first-order chi connectivity index (χ1) is 14.9. The molecular weight excluding hydrogens is 410 g/mol. The molecule has 2 N–H and O–H groups in total. The summed E-state index contributed by atoms with van der Waals surface area (Å²) in [6, 6.07) is 16.5. The number of benzene rings is 2. The SMILES string of the molecule is CCC(CS(=O)(=O)c1ccccc1)NC(=NC)NCCCn1c(C)nc2ccccc21. The van der Waals surface area contributed by atoms with Gasteiger partial charge in [0.1, 0.15) is 5.82 Å². The fourth-order valence-corrected chi connectivity index (χ4v) is 5.17. The van der Waals surface area contributed by atoms with Gasteiger partial charge in [-0.15, -0.1) is 0 Å². The van der Waals surface area contributed by atoms with Crippen LogP contribution in [0.3, 0.4) is 0 Å². The molecule has 166 valence electrons. The van der Waals surface area contributed by atoms with E-state index >= 15 is 0 Å². The second kappa shape index (κ2) is 10.4. The molecule has 0 saturated heterocycles. The van der Waals surface area contributed by atoms with E-state index < -0.39 is 9.84 Å². The van der Waals surface area contributed by atoms with Crippen molar-refractivity contribution in [1.82, 2.24) is 20.2 Å². The summed E-state index contributed by atoms with van der Waals surface area (Å²) in [5.74, 6) is 1.64. The minimum absolute atomic E-state index is 0.0223. The van der Waals surface area contributed by atoms with Crippen molar-refractivity contribution in [2.24, 2.45) is 4.99 Å². The van der Waals surface area contributed by atoms with E-state index in [2.05, 4.69) is 31.2 Å². The highest BCUT2D eigenvalue weighted by molar-refractivity contribution is 7.91. The van der Waals surface area contributed by atoms with E-state index in [0.717, 1.165) is 29.8 Å². The Labute approximate surface area is 184 Å². The number of aromatic nitrogens is 2. The largest absolute Gasteiger partial charge is 0.356 e. The number of hydrogen-bond acceptors (Lipinski definition) is 4. The molecule has 0 spiro atoms. The number of aliphatic imine (C=N–C) groups is 1. The third-order valence-corrected chi connectivity index (χ3v) is 7.11. The van der Waals surface area contributed by atoms with E-state index in [0.29, 0.717) is 23.8 Å². The van der Waals surface area contributed by atoms with Crippen molar-refractivity contribution in [3.63, 3.8) is 0 Å². The molecule has 0 aliphatic rings. The highest BCUT2D eigenvalue weighted by Crippen LogP contribution is 2.15. The molecule has 1 aromatic heterocycles. The summed E-state index contributed by atoms with van der Waals surface area (Å²) in [5, 5.41) is 6.55. The lowest BCUT2D eigenvalue weighted by atomic mass is 10.2. The third kappa shape index (κ3) is 5.85. The quantitative estimate of drug-likeness (QED) is 0.303. The van der Waals surface area contributed by atoms with Gasteiger partial charge in [-0.05, 0) is 44.0 Å². The van der Waals surface area contributed by atoms with Crippen LogP contribution in [0.25, 0.3) is 11.0 Å². The molecule has 0 aliphatic carbocycles. The van der Waals surface area contributed by atoms with Crippen LogP contribution in [0.15, 0.2) is 64.5 Å². The van der Waals surface area contributed by atoms with Crippen molar-refractivity contribution in [1.29, 1.82) is 0 Å². The van der Waals surface area contributed by atoms with Crippen molar-refractivity contribution in [2.75, 3.05) is 19.3 Å². The van der Waals surface area contributed by atoms with Crippen LogP contribution in [0.1, 0.15) is 25.6 Å². The summed E-state index contributed by atoms with van der Waals surface area (Å²) in [7, 11) is -1.67. The Morgan fingerprint density at radius 3 is 2.55 bits per heavy atom. The van der Waals surface area contributed by atoms with E-state index in [1.807, 2.05) is 38.1 Å². The topological polar surface area (TPSA) is 88.4 Å². The van der Waals surface area contributed by atoms with Gasteiger partial charge in [0, 0.05) is 26.2 Å². The minimum Gasteiger partial charge on any atom is -0.356 e. The van der Waals surface area contributed by atoms with E-state index in [1.54, 1.807) is 31.3 Å². The fourth-order valence-electron chi connectivity index (χ4n) is 3.56. The van der Waals surface area contributed by atoms with Crippen LogP contribution in [0.5, 0.6) is 0 Å². The summed E-state index contributed by atoms with van der Waals surface area (Å²) in [6.45, 7) is 5.55. The molecule has 7 nitrogen and oxygen atoms in total. The zero-order chi connectivity index (χ0) is 22.3. The smallest absolute Gasteiger partial charge is 0.191 e. The maximum Gasteiger partial charge on any atom is 0.191 e. The van der Waals surface area contributed by atoms with Gasteiger partial charge in [-0.2, -0.15) is 0 Å². The van der Waals surface area contributed by atoms with Crippen molar-refractivity contribution in [3.05, 3.63) is 60.4 Å². The fraction of sp³-hybridized carbons (Fsp3) is 0.391. The van der Waals surface area contributed by atoms with E-state index in [9.17, 15) is 8.42 Å². The lowest BCUT2D eigenvalue weighted by Gasteiger charge is -2.20. The molecule has 3 rings (SSSR count). The van der Waals surface area contributed by atoms with Crippen LogP contribution in [-0.4, -0.2) is 49.3 Å². The van der Waals surface area contributed by atoms with E-state index in [4.69, 9.17) is 0 Å². The first-order valence-electron chi connectivity index (χ1n) is 10.6. The molecular formula is C23H31N5O2S. The molecule has 0 radical (unpaired) electrons. The van der Waals surface area contributed by atoms with Crippen molar-refractivity contribution in [3.8, 4) is 0 Å². The standard InChI is InChI=1S/C23H31N5O2S/c1-4-19(17-31(29,30)20-11-6-5-7-12-20)27-23(24-3)25-15-10-16-28-18(2)26-21-13-8-9-14-22(21)28/h5-9,11-14,19H,4,10,15-17H2,1-3H3,(H2,24,25,27). The predicted molar refractivity (Wildman–Crippen MR) is 126 cm³/mol. The molecule has 3 aromatic rings. The second-order valence-electron chi connectivity index (χ2n) is 7.50. The minimum atomic E-state index is -3.36. The molecule has 0 fully saturated rings. The van der Waals surface area contributed by atoms with Crippen LogP contribution in [0.2, 0.25) is 0 Å². The van der Waals surface area contributed by atoms with Crippen LogP contribution in [-0.2, 0) is 16.4 Å². The molecule has 0 bridgehead atoms. The number of para-hydroxylation sites is 2. The zero-order valence-corrected chi connectivity index (χ0v) is 19.2. The van der Waals surface area contributed by atoms with Crippen molar-refractivity contribution >= 4 is 26.8 Å². The summed E-state index contributed by atoms with van der Waals surface area (Å²) < 4.78 is 27.6. The number of rotatable bonds is 9. The predicted octanol–water partition coefficient (Wildman–Crippen LogP) is 3.15. The van der Waals surface area contributed by atoms with Gasteiger partial charge in [-0.3, -0.25) is 4.99 Å². The number of imidazole rings is 1. The van der Waals surface area contributed by atoms with Gasteiger partial charge >= 0.3 is 0 Å². The first-order valence-corrected chi connectivity index (χ1v) is 12.3. The number of sulfone groups is 1. The molecule has 31 heavy (non-hydrogen) atoms. The molecule has 1 heterocycles. The third-order valence-electron chi connectivity index (χ3n) is 5.28. The number of hydrogen-bond donors (Lipinski definition) is 2. The maximum atomic E-state index is 12.7. The number of nitrogens with zero attached hydrogens (tertiary/aromatic N) is 3. The van der Waals surface area contributed by atoms with Gasteiger partial charge in [0.2, 0.25) is 0 Å². The molecule has 0 amide bonds. The zero-order valence-electron chi connectivity index (χ0n) is 18.4. The van der Waals surface area contributed by atoms with Gasteiger partial charge in [0.15, 0.2) is 15.8 Å². The summed E-state index contributed by atoms with van der Waals surface area (Å²) >= 11 is 0. The Bertz CT molecular complexity index is 1120. The Kier molecular flexibility index (Phi) is 7.68. The molecule has 1 unspecified atom stereocenters. The molecule has 0 saturated carbocycles. The normalized spacial score (nSPS) is 13.3. The van der Waals surface area contributed by atoms with Gasteiger partial charge in [-0.1, -0.05) is 37.3 Å². The van der Waals surface area contributed by atoms with Crippen LogP contribution in [0.4, 0.5) is 0 Å². The number of fused-ring (bicyclic) bond motifs is 1. The second-order valence-corrected chi connectivity index (χ2v) is 9.53. The van der Waals surface area contributed by atoms with Crippen LogP contribution in [0, 0.1) is 6.92 Å². The molecule has 8 heteroatoms. The van der Waals surface area contributed by atoms with Crippen LogP contribution < -0.4 is 10.6 Å². The summed E-state index contributed by atoms with van der Waals surface area (Å²) in [4.78, 5) is 9.21. The van der Waals surface area contributed by atoms with Gasteiger partial charge in [0.25, 0.3) is 0 Å². The number of guanidine groups is 1. The number of aryl methyl sites for hydroxylation is 2. The van der Waals surface area contributed by atoms with E-state index in [1.165, 1.54) is 0 Å². The highest BCUT2D eigenvalue weighted by atomic mass is 32.2. The maximum absolute atomic E-state index is 12.7. The average molecular weight is 442 g/mol. The molecule has 1 atom stereocenters. The highest BCUT2D eigenvalue weighted by Gasteiger charge is 2.20. The van der Waals surface area contributed by atoms with Gasteiger partial charge < -0.3 is 15.2 Å². The lowest BCUT2D eigenvalue weighted by Crippen LogP contribution is -2.46. The Morgan fingerprint density at radius 1 is 1.13 bits per heavy atom. The van der Waals surface area contributed by atoms with Gasteiger partial charge in [0.05, 0.1) is 21.7 Å².